The van der Waals surface area contributed by atoms with E-state index in [9.17, 15) is 14.9 Å². The van der Waals surface area contributed by atoms with Gasteiger partial charge in [0, 0.05) is 76.4 Å². The first-order valence-corrected chi connectivity index (χ1v) is 19.7. The molecule has 7 rings (SSSR count). The van der Waals surface area contributed by atoms with Crippen molar-refractivity contribution >= 4 is 34.4 Å². The molecule has 2 aliphatic heterocycles. The lowest BCUT2D eigenvalue weighted by Crippen LogP contribution is -2.55. The molecule has 2 aromatic heterocycles. The first-order chi connectivity index (χ1) is 27.1. The van der Waals surface area contributed by atoms with E-state index in [-0.39, 0.29) is 17.4 Å². The van der Waals surface area contributed by atoms with Crippen LogP contribution in [0.2, 0.25) is 5.02 Å². The number of nitrogens with one attached hydrogen (secondary N) is 1. The summed E-state index contributed by atoms with van der Waals surface area (Å²) in [5.74, 6) is 2.91. The third-order valence-electron chi connectivity index (χ3n) is 11.7. The average molecular weight is 787 g/mol. The van der Waals surface area contributed by atoms with Gasteiger partial charge in [0.1, 0.15) is 12.1 Å². The highest BCUT2D eigenvalue weighted by molar-refractivity contribution is 6.31. The third kappa shape index (κ3) is 7.92. The minimum Gasteiger partial charge on any atom is -0.493 e. The summed E-state index contributed by atoms with van der Waals surface area (Å²) in [5, 5.41) is 20.6. The number of nitrogens with zero attached hydrogens (tertiary/aromatic N) is 9. The lowest BCUT2D eigenvalue weighted by Gasteiger charge is -2.52. The monoisotopic (exact) mass is 786 g/mol. The fourth-order valence-electron chi connectivity index (χ4n) is 8.79. The number of amides is 1. The maximum Gasteiger partial charge on any atom is 0.274 e. The molecule has 1 spiro atoms. The first-order valence-electron chi connectivity index (χ1n) is 19.3. The molecule has 56 heavy (non-hydrogen) atoms. The summed E-state index contributed by atoms with van der Waals surface area (Å²) in [6, 6.07) is 12.0. The van der Waals surface area contributed by atoms with E-state index in [1.165, 1.54) is 11.1 Å². The fourth-order valence-corrected chi connectivity index (χ4v) is 8.99. The molecule has 1 amide bonds. The van der Waals surface area contributed by atoms with E-state index in [0.717, 1.165) is 86.0 Å². The van der Waals surface area contributed by atoms with Gasteiger partial charge in [-0.3, -0.25) is 19.8 Å². The molecular formula is C40H51ClN10O5. The number of halogens is 1. The zero-order valence-electron chi connectivity index (χ0n) is 32.6. The molecule has 1 saturated carbocycles. The zero-order chi connectivity index (χ0) is 39.4. The van der Waals surface area contributed by atoms with Crippen molar-refractivity contribution in [2.45, 2.75) is 50.6 Å². The smallest absolute Gasteiger partial charge is 0.274 e. The zero-order valence-corrected chi connectivity index (χ0v) is 33.4. The van der Waals surface area contributed by atoms with Crippen LogP contribution in [0.5, 0.6) is 11.5 Å². The number of nitro groups is 1. The Bertz CT molecular complexity index is 2070. The summed E-state index contributed by atoms with van der Waals surface area (Å²) in [6.45, 7) is 5.40. The van der Waals surface area contributed by atoms with E-state index in [1.807, 2.05) is 40.0 Å². The van der Waals surface area contributed by atoms with Gasteiger partial charge in [0.15, 0.2) is 23.0 Å². The van der Waals surface area contributed by atoms with E-state index >= 15 is 0 Å². The minimum absolute atomic E-state index is 0.0510. The van der Waals surface area contributed by atoms with Gasteiger partial charge in [0.2, 0.25) is 5.91 Å². The molecule has 1 aliphatic carbocycles. The summed E-state index contributed by atoms with van der Waals surface area (Å²) < 4.78 is 13.3. The molecule has 0 atom stereocenters. The lowest BCUT2D eigenvalue weighted by atomic mass is 9.68. The van der Waals surface area contributed by atoms with Crippen molar-refractivity contribution in [3.63, 3.8) is 0 Å². The van der Waals surface area contributed by atoms with Crippen molar-refractivity contribution < 1.29 is 19.2 Å². The molecule has 2 fully saturated rings. The summed E-state index contributed by atoms with van der Waals surface area (Å²) in [7, 11) is 6.91. The summed E-state index contributed by atoms with van der Waals surface area (Å²) >= 11 is 6.43. The van der Waals surface area contributed by atoms with Crippen LogP contribution in [0.1, 0.15) is 48.8 Å². The number of aromatic nitrogens is 4. The van der Waals surface area contributed by atoms with E-state index in [1.54, 1.807) is 39.5 Å². The molecule has 298 valence electrons. The number of methoxy groups -OCH3 is 2. The number of piperazine rings is 1. The summed E-state index contributed by atoms with van der Waals surface area (Å²) in [4.78, 5) is 42.6. The van der Waals surface area contributed by atoms with Crippen LogP contribution in [0.3, 0.4) is 0 Å². The first kappa shape index (κ1) is 39.1. The number of anilines is 1. The van der Waals surface area contributed by atoms with Crippen molar-refractivity contribution in [2.75, 3.05) is 79.0 Å². The van der Waals surface area contributed by atoms with E-state index < -0.39 is 4.92 Å². The van der Waals surface area contributed by atoms with Crippen LogP contribution in [0.25, 0.3) is 11.0 Å². The Morgan fingerprint density at radius 2 is 1.80 bits per heavy atom. The van der Waals surface area contributed by atoms with Gasteiger partial charge in [-0.25, -0.2) is 14.6 Å². The molecule has 2 aromatic carbocycles. The van der Waals surface area contributed by atoms with Gasteiger partial charge in [-0.2, -0.15) is 5.10 Å². The van der Waals surface area contributed by atoms with Gasteiger partial charge in [0.25, 0.3) is 6.20 Å². The Hall–Kier alpha value is -5.15. The second kappa shape index (κ2) is 16.9. The van der Waals surface area contributed by atoms with Crippen molar-refractivity contribution in [2.24, 2.45) is 5.92 Å². The molecular weight excluding hydrogens is 736 g/mol. The van der Waals surface area contributed by atoms with Crippen LogP contribution in [0.15, 0.2) is 60.9 Å². The number of rotatable bonds is 13. The van der Waals surface area contributed by atoms with Crippen molar-refractivity contribution in [1.29, 1.82) is 0 Å². The number of benzene rings is 2. The SMILES string of the molecule is COc1cc2c(cc1OC)C1(CCC(C(=O)N3CCN(c4ncnc5c4cnn5Cc4ccccc4Cl)CC3)CC1)N(CCCN/C(=C/[N+](=O)[O-])N(C)C)CC2. The maximum atomic E-state index is 14.1. The molecule has 4 heterocycles. The predicted molar refractivity (Wildman–Crippen MR) is 215 cm³/mol. The number of fused-ring (bicyclic) bond motifs is 3. The molecule has 0 radical (unpaired) electrons. The minimum atomic E-state index is -0.434. The Kier molecular flexibility index (Phi) is 11.8. The number of hydrogen-bond donors (Lipinski definition) is 1. The van der Waals surface area contributed by atoms with Crippen molar-refractivity contribution in [3.05, 3.63) is 92.8 Å². The van der Waals surface area contributed by atoms with Crippen LogP contribution in [0, 0.1) is 16.0 Å². The maximum absolute atomic E-state index is 14.1. The lowest BCUT2D eigenvalue weighted by molar-refractivity contribution is -0.404. The fraction of sp³-hybridized carbons (Fsp3) is 0.500. The van der Waals surface area contributed by atoms with Gasteiger partial charge >= 0.3 is 0 Å². The van der Waals surface area contributed by atoms with Crippen LogP contribution in [-0.2, 0) is 23.3 Å². The summed E-state index contributed by atoms with van der Waals surface area (Å²) in [5.41, 5.74) is 3.98. The Labute approximate surface area is 332 Å². The van der Waals surface area contributed by atoms with Gasteiger partial charge in [-0.1, -0.05) is 29.8 Å². The molecule has 0 bridgehead atoms. The van der Waals surface area contributed by atoms with Gasteiger partial charge in [-0.05, 0) is 73.4 Å². The van der Waals surface area contributed by atoms with E-state index in [0.29, 0.717) is 55.9 Å². The predicted octanol–water partition coefficient (Wildman–Crippen LogP) is 4.75. The van der Waals surface area contributed by atoms with Crippen LogP contribution >= 0.6 is 11.6 Å². The molecule has 0 unspecified atom stereocenters. The highest BCUT2D eigenvalue weighted by Crippen LogP contribution is 2.50. The van der Waals surface area contributed by atoms with Crippen molar-refractivity contribution in [1.82, 2.24) is 39.8 Å². The van der Waals surface area contributed by atoms with Gasteiger partial charge in [-0.15, -0.1) is 0 Å². The largest absolute Gasteiger partial charge is 0.493 e. The normalized spacial score (nSPS) is 20.2. The number of carbonyl (C=O) groups is 1. The molecule has 1 N–H and O–H groups in total. The molecule has 3 aliphatic rings. The topological polar surface area (TPSA) is 147 Å². The van der Waals surface area contributed by atoms with Crippen LogP contribution in [-0.4, -0.2) is 119 Å². The van der Waals surface area contributed by atoms with Crippen LogP contribution < -0.4 is 19.7 Å². The molecule has 4 aromatic rings. The second-order valence-electron chi connectivity index (χ2n) is 15.0. The van der Waals surface area contributed by atoms with Gasteiger partial charge < -0.3 is 29.5 Å². The highest BCUT2D eigenvalue weighted by Gasteiger charge is 2.47. The Morgan fingerprint density at radius 3 is 2.50 bits per heavy atom. The highest BCUT2D eigenvalue weighted by atomic mass is 35.5. The van der Waals surface area contributed by atoms with E-state index in [4.69, 9.17) is 21.1 Å². The standard InChI is InChI=1S/C40H51ClN10O5/c1-46(2)36(26-51(53)54)42-15-7-16-49-17-12-29-22-34(55-3)35(56-4)23-32(29)40(49)13-10-28(11-14-40)39(52)48-20-18-47(19-21-48)37-31-24-45-50(38(31)44-27-43-37)25-30-8-5-6-9-33(30)41/h5-6,8-9,22-24,26-28,42H,7,10-21,25H2,1-4H3/b36-26-. The van der Waals surface area contributed by atoms with E-state index in [2.05, 4.69) is 42.3 Å². The number of hydrogen-bond acceptors (Lipinski definition) is 12. The second-order valence-corrected chi connectivity index (χ2v) is 15.4. The molecule has 16 heteroatoms. The number of carbonyl (C=O) groups excluding carboxylic acids is 1. The van der Waals surface area contributed by atoms with Gasteiger partial charge in [0.05, 0.1) is 37.3 Å². The third-order valence-corrected chi connectivity index (χ3v) is 12.1. The molecule has 15 nitrogen and oxygen atoms in total. The van der Waals surface area contributed by atoms with Crippen molar-refractivity contribution in [3.8, 4) is 11.5 Å². The Morgan fingerprint density at radius 1 is 1.07 bits per heavy atom. The number of ether oxygens (including phenoxy) is 2. The molecule has 1 saturated heterocycles. The quantitative estimate of drug-likeness (QED) is 0.113. The Balaban J connectivity index is 1.01. The van der Waals surface area contributed by atoms with Crippen LogP contribution in [0.4, 0.5) is 5.82 Å². The summed E-state index contributed by atoms with van der Waals surface area (Å²) in [6.07, 6.45) is 9.36. The average Bonchev–Trinajstić information content (AvgIpc) is 3.62.